The van der Waals surface area contributed by atoms with E-state index in [0.717, 1.165) is 17.4 Å². The quantitative estimate of drug-likeness (QED) is 0.636. The second-order valence-corrected chi connectivity index (χ2v) is 7.45. The molecule has 0 bridgehead atoms. The molecule has 0 saturated heterocycles. The van der Waals surface area contributed by atoms with Crippen molar-refractivity contribution < 1.29 is 22.4 Å². The van der Waals surface area contributed by atoms with E-state index in [0.29, 0.717) is 15.8 Å². The zero-order chi connectivity index (χ0) is 19.3. The SMILES string of the molecule is Cc1ccncc1-c1cc2sc(NC(=O)C3CC3F)nc2cc1C(F)(F)F. The molecule has 2 heterocycles. The molecule has 0 radical (unpaired) electrons. The normalized spacial score (nSPS) is 19.3. The van der Waals surface area contributed by atoms with Gasteiger partial charge in [0.25, 0.3) is 0 Å². The largest absolute Gasteiger partial charge is 0.417 e. The Morgan fingerprint density at radius 2 is 2.04 bits per heavy atom. The summed E-state index contributed by atoms with van der Waals surface area (Å²) in [7, 11) is 0. The van der Waals surface area contributed by atoms with Gasteiger partial charge >= 0.3 is 6.18 Å². The Morgan fingerprint density at radius 3 is 2.67 bits per heavy atom. The molecule has 1 aliphatic carbocycles. The lowest BCUT2D eigenvalue weighted by atomic mass is 9.97. The fraction of sp³-hybridized carbons (Fsp3) is 0.278. The smallest absolute Gasteiger partial charge is 0.302 e. The number of aryl methyl sites for hydroxylation is 1. The minimum absolute atomic E-state index is 0.00754. The van der Waals surface area contributed by atoms with Crippen LogP contribution in [0, 0.1) is 12.8 Å². The molecular formula is C18H13F4N3OS. The lowest BCUT2D eigenvalue weighted by Gasteiger charge is -2.14. The summed E-state index contributed by atoms with van der Waals surface area (Å²) in [6.07, 6.45) is -2.66. The molecule has 3 aromatic rings. The van der Waals surface area contributed by atoms with E-state index in [1.807, 2.05) is 0 Å². The minimum atomic E-state index is -4.58. The van der Waals surface area contributed by atoms with E-state index in [4.69, 9.17) is 0 Å². The number of thiazole rings is 1. The van der Waals surface area contributed by atoms with Crippen LogP contribution in [0.25, 0.3) is 21.3 Å². The second kappa shape index (κ2) is 6.26. The van der Waals surface area contributed by atoms with Gasteiger partial charge in [-0.25, -0.2) is 9.37 Å². The molecule has 1 aliphatic rings. The van der Waals surface area contributed by atoms with Gasteiger partial charge in [0.05, 0.1) is 21.7 Å². The molecule has 1 saturated carbocycles. The fourth-order valence-corrected chi connectivity index (χ4v) is 3.75. The van der Waals surface area contributed by atoms with Gasteiger partial charge in [0.15, 0.2) is 5.13 Å². The van der Waals surface area contributed by atoms with Crippen LogP contribution >= 0.6 is 11.3 Å². The van der Waals surface area contributed by atoms with E-state index in [9.17, 15) is 22.4 Å². The molecule has 2 atom stereocenters. The molecule has 140 valence electrons. The van der Waals surface area contributed by atoms with Crippen molar-refractivity contribution in [3.63, 3.8) is 0 Å². The maximum Gasteiger partial charge on any atom is 0.417 e. The van der Waals surface area contributed by atoms with Crippen LogP contribution in [0.3, 0.4) is 0 Å². The summed E-state index contributed by atoms with van der Waals surface area (Å²) in [4.78, 5) is 19.8. The summed E-state index contributed by atoms with van der Waals surface area (Å²) < 4.78 is 54.3. The van der Waals surface area contributed by atoms with Crippen molar-refractivity contribution in [1.82, 2.24) is 9.97 Å². The van der Waals surface area contributed by atoms with Gasteiger partial charge in [-0.05, 0) is 42.7 Å². The zero-order valence-electron chi connectivity index (χ0n) is 14.0. The highest BCUT2D eigenvalue weighted by Gasteiger charge is 2.44. The average Bonchev–Trinajstić information content (AvgIpc) is 3.19. The Hall–Kier alpha value is -2.55. The van der Waals surface area contributed by atoms with Gasteiger partial charge in [-0.15, -0.1) is 0 Å². The van der Waals surface area contributed by atoms with Gasteiger partial charge in [0, 0.05) is 18.0 Å². The number of hydrogen-bond acceptors (Lipinski definition) is 4. The number of carbonyl (C=O) groups excluding carboxylic acids is 1. The fourth-order valence-electron chi connectivity index (χ4n) is 2.86. The number of alkyl halides is 4. The second-order valence-electron chi connectivity index (χ2n) is 6.42. The van der Waals surface area contributed by atoms with E-state index in [-0.39, 0.29) is 22.6 Å². The molecular weight excluding hydrogens is 382 g/mol. The summed E-state index contributed by atoms with van der Waals surface area (Å²) >= 11 is 1.05. The van der Waals surface area contributed by atoms with Crippen molar-refractivity contribution in [2.45, 2.75) is 25.7 Å². The summed E-state index contributed by atoms with van der Waals surface area (Å²) in [6, 6.07) is 4.02. The van der Waals surface area contributed by atoms with Crippen molar-refractivity contribution in [1.29, 1.82) is 0 Å². The molecule has 4 nitrogen and oxygen atoms in total. The Morgan fingerprint density at radius 1 is 1.30 bits per heavy atom. The number of amides is 1. The van der Waals surface area contributed by atoms with Crippen molar-refractivity contribution in [3.8, 4) is 11.1 Å². The molecule has 1 aromatic carbocycles. The number of aromatic nitrogens is 2. The third kappa shape index (κ3) is 3.39. The standard InChI is InChI=1S/C18H13F4N3OS/c1-8-2-3-23-7-11(8)9-5-15-14(6-12(9)18(20,21)22)24-17(27-15)25-16(26)10-4-13(10)19/h2-3,5-7,10,13H,4H2,1H3,(H,24,25,26). The van der Waals surface area contributed by atoms with Gasteiger partial charge in [-0.3, -0.25) is 9.78 Å². The molecule has 9 heteroatoms. The monoisotopic (exact) mass is 395 g/mol. The first-order chi connectivity index (χ1) is 12.7. The van der Waals surface area contributed by atoms with Gasteiger partial charge in [-0.2, -0.15) is 13.2 Å². The third-order valence-corrected chi connectivity index (χ3v) is 5.38. The summed E-state index contributed by atoms with van der Waals surface area (Å²) in [6.45, 7) is 1.71. The highest BCUT2D eigenvalue weighted by Crippen LogP contribution is 2.42. The topological polar surface area (TPSA) is 54.9 Å². The number of pyridine rings is 1. The average molecular weight is 395 g/mol. The van der Waals surface area contributed by atoms with Crippen molar-refractivity contribution in [3.05, 3.63) is 41.7 Å². The van der Waals surface area contributed by atoms with Crippen LogP contribution in [0.2, 0.25) is 0 Å². The Kier molecular flexibility index (Phi) is 4.14. The number of hydrogen-bond donors (Lipinski definition) is 1. The first-order valence-electron chi connectivity index (χ1n) is 8.12. The number of benzene rings is 1. The minimum Gasteiger partial charge on any atom is -0.302 e. The predicted octanol–water partition coefficient (Wildman–Crippen LogP) is 4.98. The third-order valence-electron chi connectivity index (χ3n) is 4.44. The van der Waals surface area contributed by atoms with Crippen molar-refractivity contribution in [2.24, 2.45) is 5.92 Å². The number of anilines is 1. The summed E-state index contributed by atoms with van der Waals surface area (Å²) in [5, 5.41) is 2.64. The van der Waals surface area contributed by atoms with E-state index < -0.39 is 29.7 Å². The van der Waals surface area contributed by atoms with Crippen LogP contribution in [0.5, 0.6) is 0 Å². The molecule has 0 aliphatic heterocycles. The molecule has 1 amide bonds. The molecule has 2 aromatic heterocycles. The predicted molar refractivity (Wildman–Crippen MR) is 94.2 cm³/mol. The van der Waals surface area contributed by atoms with Gasteiger partial charge in [0.1, 0.15) is 6.17 Å². The number of rotatable bonds is 3. The molecule has 1 fully saturated rings. The molecule has 0 spiro atoms. The number of nitrogens with zero attached hydrogens (tertiary/aromatic N) is 2. The highest BCUT2D eigenvalue weighted by molar-refractivity contribution is 7.22. The van der Waals surface area contributed by atoms with Crippen LogP contribution in [-0.4, -0.2) is 22.0 Å². The molecule has 4 rings (SSSR count). The van der Waals surface area contributed by atoms with Crippen LogP contribution in [-0.2, 0) is 11.0 Å². The zero-order valence-corrected chi connectivity index (χ0v) is 14.8. The maximum absolute atomic E-state index is 13.6. The van der Waals surface area contributed by atoms with E-state index >= 15 is 0 Å². The Labute approximate surface area is 155 Å². The summed E-state index contributed by atoms with van der Waals surface area (Å²) in [5.74, 6) is -1.20. The van der Waals surface area contributed by atoms with Crippen LogP contribution < -0.4 is 5.32 Å². The van der Waals surface area contributed by atoms with Crippen molar-refractivity contribution >= 4 is 32.6 Å². The number of halogens is 4. The van der Waals surface area contributed by atoms with Gasteiger partial charge in [-0.1, -0.05) is 11.3 Å². The van der Waals surface area contributed by atoms with Gasteiger partial charge < -0.3 is 5.32 Å². The number of carbonyl (C=O) groups is 1. The van der Waals surface area contributed by atoms with E-state index in [2.05, 4.69) is 15.3 Å². The summed E-state index contributed by atoms with van der Waals surface area (Å²) in [5.41, 5.74) is 0.355. The van der Waals surface area contributed by atoms with Crippen LogP contribution in [0.4, 0.5) is 22.7 Å². The lowest BCUT2D eigenvalue weighted by Crippen LogP contribution is -2.14. The van der Waals surface area contributed by atoms with E-state index in [1.54, 1.807) is 13.0 Å². The number of nitrogens with one attached hydrogen (secondary N) is 1. The highest BCUT2D eigenvalue weighted by atomic mass is 32.1. The Bertz CT molecular complexity index is 1050. The van der Waals surface area contributed by atoms with E-state index in [1.165, 1.54) is 18.5 Å². The van der Waals surface area contributed by atoms with Crippen LogP contribution in [0.1, 0.15) is 17.5 Å². The molecule has 1 N–H and O–H groups in total. The maximum atomic E-state index is 13.6. The lowest BCUT2D eigenvalue weighted by molar-refractivity contribution is -0.137. The van der Waals surface area contributed by atoms with Gasteiger partial charge in [0.2, 0.25) is 5.91 Å². The molecule has 27 heavy (non-hydrogen) atoms. The first kappa shape index (κ1) is 17.8. The Balaban J connectivity index is 1.80. The molecule has 2 unspecified atom stereocenters. The van der Waals surface area contributed by atoms with Crippen LogP contribution in [0.15, 0.2) is 30.6 Å². The number of fused-ring (bicyclic) bond motifs is 1. The van der Waals surface area contributed by atoms with Crippen molar-refractivity contribution in [2.75, 3.05) is 5.32 Å². The first-order valence-corrected chi connectivity index (χ1v) is 8.93.